The maximum absolute atomic E-state index is 13.3. The smallest absolute Gasteiger partial charge is 0.221 e. The standard InChI is InChI=1S/C26H32N2O2/c1-17-3-4-22(9-18(17)2)24(21-5-7-27-8-6-21)28-23(29)15-25-11-19-10-20(12-25)14-26(30,13-19)16-25/h3-9,19-20,24,30H,10-16H2,1-2H3,(H,28,29). The lowest BCUT2D eigenvalue weighted by Gasteiger charge is -2.60. The van der Waals surface area contributed by atoms with E-state index in [9.17, 15) is 9.90 Å². The highest BCUT2D eigenvalue weighted by atomic mass is 16.3. The molecule has 1 heterocycles. The van der Waals surface area contributed by atoms with E-state index in [1.807, 2.05) is 12.1 Å². The highest BCUT2D eigenvalue weighted by molar-refractivity contribution is 5.78. The average molecular weight is 405 g/mol. The summed E-state index contributed by atoms with van der Waals surface area (Å²) in [6.45, 7) is 4.22. The predicted octanol–water partition coefficient (Wildman–Crippen LogP) is 4.63. The first-order valence-corrected chi connectivity index (χ1v) is 11.3. The first kappa shape index (κ1) is 19.7. The van der Waals surface area contributed by atoms with Gasteiger partial charge in [0.25, 0.3) is 0 Å². The second-order valence-corrected chi connectivity index (χ2v) is 10.5. The minimum atomic E-state index is -0.525. The van der Waals surface area contributed by atoms with Gasteiger partial charge in [0.2, 0.25) is 5.91 Å². The summed E-state index contributed by atoms with van der Waals surface area (Å²) >= 11 is 0. The van der Waals surface area contributed by atoms with Crippen molar-refractivity contribution in [1.29, 1.82) is 0 Å². The second kappa shape index (κ2) is 7.19. The molecule has 4 saturated carbocycles. The fourth-order valence-electron chi connectivity index (χ4n) is 7.02. The van der Waals surface area contributed by atoms with Crippen molar-refractivity contribution in [3.05, 3.63) is 65.0 Å². The first-order chi connectivity index (χ1) is 14.3. The fraction of sp³-hybridized carbons (Fsp3) is 0.538. The van der Waals surface area contributed by atoms with Crippen LogP contribution < -0.4 is 5.32 Å². The van der Waals surface area contributed by atoms with E-state index in [2.05, 4.69) is 42.3 Å². The van der Waals surface area contributed by atoms with Crippen LogP contribution in [0, 0.1) is 31.1 Å². The Labute approximate surface area is 179 Å². The molecule has 2 aromatic rings. The largest absolute Gasteiger partial charge is 0.390 e. The monoisotopic (exact) mass is 404 g/mol. The van der Waals surface area contributed by atoms with E-state index in [0.29, 0.717) is 18.3 Å². The third kappa shape index (κ3) is 3.66. The predicted molar refractivity (Wildman–Crippen MR) is 117 cm³/mol. The maximum Gasteiger partial charge on any atom is 0.221 e. The molecule has 4 heteroatoms. The minimum absolute atomic E-state index is 0.0189. The van der Waals surface area contributed by atoms with Gasteiger partial charge in [0.15, 0.2) is 0 Å². The Hall–Kier alpha value is -2.20. The molecule has 4 aliphatic carbocycles. The number of carbonyl (C=O) groups excluding carboxylic acids is 1. The molecule has 1 aromatic heterocycles. The molecule has 2 N–H and O–H groups in total. The van der Waals surface area contributed by atoms with Crippen LogP contribution in [-0.2, 0) is 4.79 Å². The fourth-order valence-corrected chi connectivity index (χ4v) is 7.02. The molecule has 158 valence electrons. The van der Waals surface area contributed by atoms with Gasteiger partial charge < -0.3 is 10.4 Å². The normalized spacial score (nSPS) is 32.8. The van der Waals surface area contributed by atoms with E-state index in [1.54, 1.807) is 12.4 Å². The Kier molecular flexibility index (Phi) is 4.73. The van der Waals surface area contributed by atoms with Crippen LogP contribution in [0.15, 0.2) is 42.7 Å². The van der Waals surface area contributed by atoms with Crippen molar-refractivity contribution >= 4 is 5.91 Å². The van der Waals surface area contributed by atoms with Crippen LogP contribution in [0.25, 0.3) is 0 Å². The number of carbonyl (C=O) groups is 1. The van der Waals surface area contributed by atoms with Crippen molar-refractivity contribution in [2.45, 2.75) is 70.4 Å². The van der Waals surface area contributed by atoms with Crippen LogP contribution in [0.3, 0.4) is 0 Å². The van der Waals surface area contributed by atoms with E-state index < -0.39 is 5.60 Å². The Morgan fingerprint density at radius 1 is 1.07 bits per heavy atom. The summed E-state index contributed by atoms with van der Waals surface area (Å²) in [6.07, 6.45) is 10.2. The van der Waals surface area contributed by atoms with Gasteiger partial charge in [0.1, 0.15) is 0 Å². The topological polar surface area (TPSA) is 62.2 Å². The highest BCUT2D eigenvalue weighted by Gasteiger charge is 2.57. The molecule has 3 unspecified atom stereocenters. The maximum atomic E-state index is 13.3. The molecule has 0 aliphatic heterocycles. The summed E-state index contributed by atoms with van der Waals surface area (Å²) in [5.74, 6) is 1.29. The average Bonchev–Trinajstić information content (AvgIpc) is 2.67. The second-order valence-electron chi connectivity index (χ2n) is 10.5. The summed E-state index contributed by atoms with van der Waals surface area (Å²) in [4.78, 5) is 17.5. The van der Waals surface area contributed by atoms with Crippen LogP contribution >= 0.6 is 0 Å². The lowest BCUT2D eigenvalue weighted by Crippen LogP contribution is -2.56. The van der Waals surface area contributed by atoms with Gasteiger partial charge in [-0.15, -0.1) is 0 Å². The molecule has 4 fully saturated rings. The Morgan fingerprint density at radius 2 is 1.77 bits per heavy atom. The van der Waals surface area contributed by atoms with E-state index in [-0.39, 0.29) is 17.4 Å². The third-order valence-corrected chi connectivity index (χ3v) is 7.90. The van der Waals surface area contributed by atoms with Crippen LogP contribution in [0.4, 0.5) is 0 Å². The molecule has 3 atom stereocenters. The minimum Gasteiger partial charge on any atom is -0.390 e. The van der Waals surface area contributed by atoms with Gasteiger partial charge in [-0.25, -0.2) is 0 Å². The molecule has 1 amide bonds. The molecule has 6 rings (SSSR count). The molecule has 4 nitrogen and oxygen atoms in total. The van der Waals surface area contributed by atoms with Crippen molar-refractivity contribution < 1.29 is 9.90 Å². The van der Waals surface area contributed by atoms with Crippen LogP contribution in [0.5, 0.6) is 0 Å². The van der Waals surface area contributed by atoms with Gasteiger partial charge in [-0.2, -0.15) is 0 Å². The van der Waals surface area contributed by atoms with E-state index in [0.717, 1.165) is 43.2 Å². The number of nitrogens with zero attached hydrogens (tertiary/aromatic N) is 1. The highest BCUT2D eigenvalue weighted by Crippen LogP contribution is 2.62. The number of benzene rings is 1. The molecular weight excluding hydrogens is 372 g/mol. The van der Waals surface area contributed by atoms with Crippen molar-refractivity contribution in [2.75, 3.05) is 0 Å². The quantitative estimate of drug-likeness (QED) is 0.764. The van der Waals surface area contributed by atoms with E-state index in [1.165, 1.54) is 17.5 Å². The van der Waals surface area contributed by atoms with Gasteiger partial charge in [-0.05, 0) is 104 Å². The lowest BCUT2D eigenvalue weighted by molar-refractivity contribution is -0.169. The summed E-state index contributed by atoms with van der Waals surface area (Å²) in [5, 5.41) is 14.4. The number of nitrogens with one attached hydrogen (secondary N) is 1. The number of rotatable bonds is 5. The van der Waals surface area contributed by atoms with Gasteiger partial charge in [0, 0.05) is 18.8 Å². The number of aromatic nitrogens is 1. The van der Waals surface area contributed by atoms with Gasteiger partial charge in [-0.3, -0.25) is 9.78 Å². The summed E-state index contributed by atoms with van der Waals surface area (Å²) in [7, 11) is 0. The Bertz CT molecular complexity index is 941. The van der Waals surface area contributed by atoms with Crippen molar-refractivity contribution in [3.63, 3.8) is 0 Å². The zero-order valence-electron chi connectivity index (χ0n) is 18.0. The first-order valence-electron chi connectivity index (χ1n) is 11.3. The van der Waals surface area contributed by atoms with Gasteiger partial charge in [0.05, 0.1) is 11.6 Å². The summed E-state index contributed by atoms with van der Waals surface area (Å²) < 4.78 is 0. The van der Waals surface area contributed by atoms with Crippen LogP contribution in [0.1, 0.15) is 73.2 Å². The van der Waals surface area contributed by atoms with Crippen molar-refractivity contribution in [3.8, 4) is 0 Å². The number of amides is 1. The molecule has 0 radical (unpaired) electrons. The molecule has 0 saturated heterocycles. The number of pyridine rings is 1. The van der Waals surface area contributed by atoms with E-state index in [4.69, 9.17) is 0 Å². The van der Waals surface area contributed by atoms with Gasteiger partial charge in [-0.1, -0.05) is 18.2 Å². The molecule has 1 aromatic carbocycles. The van der Waals surface area contributed by atoms with Crippen LogP contribution in [-0.4, -0.2) is 21.6 Å². The van der Waals surface area contributed by atoms with E-state index >= 15 is 0 Å². The summed E-state index contributed by atoms with van der Waals surface area (Å²) in [6, 6.07) is 10.2. The molecule has 30 heavy (non-hydrogen) atoms. The lowest BCUT2D eigenvalue weighted by atomic mass is 9.47. The molecule has 4 bridgehead atoms. The number of hydrogen-bond acceptors (Lipinski definition) is 3. The number of hydrogen-bond donors (Lipinski definition) is 2. The Morgan fingerprint density at radius 3 is 2.40 bits per heavy atom. The zero-order chi connectivity index (χ0) is 20.9. The molecule has 0 spiro atoms. The van der Waals surface area contributed by atoms with Gasteiger partial charge >= 0.3 is 0 Å². The number of aryl methyl sites for hydroxylation is 2. The number of aliphatic hydroxyl groups is 1. The molecular formula is C26H32N2O2. The zero-order valence-corrected chi connectivity index (χ0v) is 18.0. The SMILES string of the molecule is Cc1ccc(C(NC(=O)CC23CC4CC(CC(O)(C4)C2)C3)c2ccncc2)cc1C. The third-order valence-electron chi connectivity index (χ3n) is 7.90. The summed E-state index contributed by atoms with van der Waals surface area (Å²) in [5.41, 5.74) is 4.08. The van der Waals surface area contributed by atoms with Crippen molar-refractivity contribution in [1.82, 2.24) is 10.3 Å². The van der Waals surface area contributed by atoms with Crippen LogP contribution in [0.2, 0.25) is 0 Å². The van der Waals surface area contributed by atoms with Crippen molar-refractivity contribution in [2.24, 2.45) is 17.3 Å². The molecule has 4 aliphatic rings. The Balaban J connectivity index is 1.38.